The number of ether oxygens (including phenoxy) is 2. The first-order valence-corrected chi connectivity index (χ1v) is 5.48. The predicted octanol–water partition coefficient (Wildman–Crippen LogP) is 2.32. The Morgan fingerprint density at radius 2 is 2.06 bits per heavy atom. The highest BCUT2D eigenvalue weighted by Crippen LogP contribution is 2.26. The Hall–Kier alpha value is -1.45. The minimum absolute atomic E-state index is 0.0279. The van der Waals surface area contributed by atoms with Gasteiger partial charge in [-0.2, -0.15) is 0 Å². The number of hydrogen-bond donors (Lipinski definition) is 0. The number of aromatic nitrogens is 1. The number of pyridine rings is 1. The van der Waals surface area contributed by atoms with Gasteiger partial charge in [-0.15, -0.1) is 0 Å². The van der Waals surface area contributed by atoms with Crippen molar-refractivity contribution in [3.63, 3.8) is 0 Å². The van der Waals surface area contributed by atoms with Gasteiger partial charge >= 0.3 is 0 Å². The van der Waals surface area contributed by atoms with E-state index in [2.05, 4.69) is 17.1 Å². The summed E-state index contributed by atoms with van der Waals surface area (Å²) in [5.74, 6) is 0. The Bertz CT molecular complexity index is 487. The van der Waals surface area contributed by atoms with Crippen LogP contribution < -0.4 is 0 Å². The van der Waals surface area contributed by atoms with Crippen LogP contribution in [0.2, 0.25) is 0 Å². The molecule has 2 aromatic rings. The van der Waals surface area contributed by atoms with Gasteiger partial charge in [-0.25, -0.2) is 0 Å². The molecule has 1 unspecified atom stereocenters. The fourth-order valence-electron chi connectivity index (χ4n) is 2.05. The first kappa shape index (κ1) is 9.75. The molecule has 1 atom stereocenters. The second-order valence-electron chi connectivity index (χ2n) is 3.85. The lowest BCUT2D eigenvalue weighted by Gasteiger charge is -2.23. The van der Waals surface area contributed by atoms with Crippen LogP contribution in [0.5, 0.6) is 0 Å². The zero-order valence-corrected chi connectivity index (χ0v) is 8.93. The van der Waals surface area contributed by atoms with Crippen LogP contribution >= 0.6 is 0 Å². The van der Waals surface area contributed by atoms with Gasteiger partial charge in [0, 0.05) is 11.6 Å². The van der Waals surface area contributed by atoms with Gasteiger partial charge < -0.3 is 9.47 Å². The molecule has 1 aliphatic heterocycles. The molecule has 0 amide bonds. The average Bonchev–Trinajstić information content (AvgIpc) is 2.39. The number of fused-ring (bicyclic) bond motifs is 1. The van der Waals surface area contributed by atoms with E-state index in [0.29, 0.717) is 19.8 Å². The van der Waals surface area contributed by atoms with Gasteiger partial charge in [0.15, 0.2) is 0 Å². The van der Waals surface area contributed by atoms with E-state index in [1.807, 2.05) is 24.4 Å². The van der Waals surface area contributed by atoms with Crippen LogP contribution in [0.25, 0.3) is 10.8 Å². The van der Waals surface area contributed by atoms with Crippen molar-refractivity contribution in [1.82, 2.24) is 4.98 Å². The third kappa shape index (κ3) is 1.68. The molecule has 1 fully saturated rings. The number of hydrogen-bond acceptors (Lipinski definition) is 3. The number of benzene rings is 1. The van der Waals surface area contributed by atoms with Crippen molar-refractivity contribution in [3.05, 3.63) is 42.2 Å². The van der Waals surface area contributed by atoms with Crippen LogP contribution in [0.15, 0.2) is 36.5 Å². The maximum absolute atomic E-state index is 5.68. The molecule has 1 aromatic heterocycles. The summed E-state index contributed by atoms with van der Waals surface area (Å²) in [6.45, 7) is 1.93. The van der Waals surface area contributed by atoms with Gasteiger partial charge in [0.2, 0.25) is 0 Å². The molecule has 0 radical (unpaired) electrons. The molecule has 0 saturated carbocycles. The van der Waals surface area contributed by atoms with Crippen molar-refractivity contribution in [2.45, 2.75) is 6.10 Å². The molecule has 1 saturated heterocycles. The lowest BCUT2D eigenvalue weighted by Crippen LogP contribution is -2.22. The molecule has 1 aliphatic rings. The molecule has 0 aliphatic carbocycles. The van der Waals surface area contributed by atoms with E-state index in [-0.39, 0.29) is 6.10 Å². The molecular weight excluding hydrogens is 202 g/mol. The summed E-state index contributed by atoms with van der Waals surface area (Å²) in [5.41, 5.74) is 0.984. The van der Waals surface area contributed by atoms with Crippen LogP contribution in [-0.2, 0) is 9.47 Å². The summed E-state index contributed by atoms with van der Waals surface area (Å²) in [4.78, 5) is 4.43. The first-order valence-electron chi connectivity index (χ1n) is 5.48. The zero-order chi connectivity index (χ0) is 10.8. The molecule has 3 heteroatoms. The largest absolute Gasteiger partial charge is 0.376 e. The van der Waals surface area contributed by atoms with Crippen LogP contribution in [0.3, 0.4) is 0 Å². The predicted molar refractivity (Wildman–Crippen MR) is 61.3 cm³/mol. The zero-order valence-electron chi connectivity index (χ0n) is 8.93. The van der Waals surface area contributed by atoms with Gasteiger partial charge in [-0.05, 0) is 11.5 Å². The molecule has 3 rings (SSSR count). The Morgan fingerprint density at radius 3 is 2.94 bits per heavy atom. The monoisotopic (exact) mass is 215 g/mol. The molecule has 2 heterocycles. The first-order chi connectivity index (χ1) is 7.95. The summed E-state index contributed by atoms with van der Waals surface area (Å²) in [6, 6.07) is 10.2. The van der Waals surface area contributed by atoms with Crippen molar-refractivity contribution in [1.29, 1.82) is 0 Å². The highest BCUT2D eigenvalue weighted by Gasteiger charge is 2.19. The summed E-state index contributed by atoms with van der Waals surface area (Å²) in [6.07, 6.45) is 1.80. The fraction of sp³-hybridized carbons (Fsp3) is 0.308. The van der Waals surface area contributed by atoms with E-state index in [1.54, 1.807) is 0 Å². The normalized spacial score (nSPS) is 21.1. The molecule has 16 heavy (non-hydrogen) atoms. The molecule has 0 bridgehead atoms. The average molecular weight is 215 g/mol. The van der Waals surface area contributed by atoms with Crippen LogP contribution in [0, 0.1) is 0 Å². The topological polar surface area (TPSA) is 31.4 Å². The highest BCUT2D eigenvalue weighted by atomic mass is 16.6. The maximum Gasteiger partial charge on any atom is 0.123 e. The van der Waals surface area contributed by atoms with Crippen molar-refractivity contribution in [2.75, 3.05) is 19.8 Å². The van der Waals surface area contributed by atoms with Gasteiger partial charge in [-0.3, -0.25) is 4.98 Å². The molecule has 0 N–H and O–H groups in total. The van der Waals surface area contributed by atoms with Gasteiger partial charge in [-0.1, -0.05) is 24.3 Å². The van der Waals surface area contributed by atoms with Gasteiger partial charge in [0.1, 0.15) is 6.10 Å². The van der Waals surface area contributed by atoms with Crippen molar-refractivity contribution < 1.29 is 9.47 Å². The Morgan fingerprint density at radius 1 is 1.12 bits per heavy atom. The third-order valence-corrected chi connectivity index (χ3v) is 2.83. The summed E-state index contributed by atoms with van der Waals surface area (Å²) in [5, 5.41) is 2.35. The van der Waals surface area contributed by atoms with E-state index >= 15 is 0 Å². The lowest BCUT2D eigenvalue weighted by molar-refractivity contribution is -0.0911. The Kier molecular flexibility index (Phi) is 2.56. The lowest BCUT2D eigenvalue weighted by atomic mass is 10.1. The Labute approximate surface area is 94.0 Å². The van der Waals surface area contributed by atoms with Crippen LogP contribution in [0.1, 0.15) is 11.8 Å². The second kappa shape index (κ2) is 4.20. The van der Waals surface area contributed by atoms with E-state index in [1.165, 1.54) is 5.39 Å². The van der Waals surface area contributed by atoms with E-state index in [4.69, 9.17) is 9.47 Å². The standard InChI is InChI=1S/C13H13NO2/c1-2-4-11-10(3-1)5-6-14-13(11)12-9-15-7-8-16-12/h1-6,12H,7-9H2. The van der Waals surface area contributed by atoms with E-state index in [9.17, 15) is 0 Å². The molecular formula is C13H13NO2. The SMILES string of the molecule is c1ccc2c(C3COCCO3)nccc2c1. The van der Waals surface area contributed by atoms with E-state index < -0.39 is 0 Å². The van der Waals surface area contributed by atoms with Gasteiger partial charge in [0.25, 0.3) is 0 Å². The van der Waals surface area contributed by atoms with Crippen LogP contribution in [0.4, 0.5) is 0 Å². The smallest absolute Gasteiger partial charge is 0.123 e. The molecule has 1 aromatic carbocycles. The maximum atomic E-state index is 5.68. The summed E-state index contributed by atoms with van der Waals surface area (Å²) >= 11 is 0. The quantitative estimate of drug-likeness (QED) is 0.731. The molecule has 3 nitrogen and oxygen atoms in total. The highest BCUT2D eigenvalue weighted by molar-refractivity contribution is 5.84. The summed E-state index contributed by atoms with van der Waals surface area (Å²) < 4.78 is 11.1. The fourth-order valence-corrected chi connectivity index (χ4v) is 2.05. The third-order valence-electron chi connectivity index (χ3n) is 2.83. The van der Waals surface area contributed by atoms with Crippen molar-refractivity contribution >= 4 is 10.8 Å². The number of nitrogens with zero attached hydrogens (tertiary/aromatic N) is 1. The molecule has 0 spiro atoms. The van der Waals surface area contributed by atoms with Crippen molar-refractivity contribution in [2.24, 2.45) is 0 Å². The minimum Gasteiger partial charge on any atom is -0.376 e. The summed E-state index contributed by atoms with van der Waals surface area (Å²) in [7, 11) is 0. The van der Waals surface area contributed by atoms with Crippen LogP contribution in [-0.4, -0.2) is 24.8 Å². The minimum atomic E-state index is -0.0279. The van der Waals surface area contributed by atoms with Gasteiger partial charge in [0.05, 0.1) is 25.5 Å². The van der Waals surface area contributed by atoms with E-state index in [0.717, 1.165) is 11.1 Å². The molecule has 82 valence electrons. The Balaban J connectivity index is 2.08. The number of rotatable bonds is 1. The van der Waals surface area contributed by atoms with Crippen molar-refractivity contribution in [3.8, 4) is 0 Å². The second-order valence-corrected chi connectivity index (χ2v) is 3.85.